The van der Waals surface area contributed by atoms with Crippen molar-refractivity contribution in [2.75, 3.05) is 0 Å². The molecule has 0 fully saturated rings. The molecule has 0 nitrogen and oxygen atoms in total. The molecule has 0 saturated carbocycles. The van der Waals surface area contributed by atoms with Gasteiger partial charge < -0.3 is 0 Å². The van der Waals surface area contributed by atoms with Crippen molar-refractivity contribution in [2.24, 2.45) is 0 Å². The van der Waals surface area contributed by atoms with Crippen molar-refractivity contribution in [1.29, 1.82) is 0 Å². The monoisotopic (exact) mass is 418 g/mol. The SMILES string of the molecule is CCC=CCC=CCC=CCC=CCCC=CCC=CCC=CCC=CC/C=C\CC. The molecule has 0 heteroatoms. The highest BCUT2D eigenvalue weighted by Gasteiger charge is 1.78. The Morgan fingerprint density at radius 3 is 0.677 bits per heavy atom. The predicted molar refractivity (Wildman–Crippen MR) is 144 cm³/mol. The molecule has 0 aromatic rings. The largest absolute Gasteiger partial charge is 0.0885 e. The summed E-state index contributed by atoms with van der Waals surface area (Å²) in [6.07, 6.45) is 52.2. The number of hydrogen-bond donors (Lipinski definition) is 0. The first-order chi connectivity index (χ1) is 15.4. The predicted octanol–water partition coefficient (Wildman–Crippen LogP) is 10.3. The zero-order valence-corrected chi connectivity index (χ0v) is 20.2. The molecule has 0 N–H and O–H groups in total. The Morgan fingerprint density at radius 1 is 0.258 bits per heavy atom. The molecule has 0 amide bonds. The molecule has 0 unspecified atom stereocenters. The molecule has 0 bridgehead atoms. The minimum Gasteiger partial charge on any atom is -0.0885 e. The van der Waals surface area contributed by atoms with Crippen LogP contribution in [0, 0.1) is 0 Å². The lowest BCUT2D eigenvalue weighted by Gasteiger charge is -1.88. The number of rotatable bonds is 19. The van der Waals surface area contributed by atoms with Gasteiger partial charge in [-0.3, -0.25) is 0 Å². The highest BCUT2D eigenvalue weighted by atomic mass is 13.9. The molecule has 31 heavy (non-hydrogen) atoms. The van der Waals surface area contributed by atoms with E-state index in [0.717, 1.165) is 70.6 Å². The first kappa shape index (κ1) is 28.7. The van der Waals surface area contributed by atoms with Gasteiger partial charge in [-0.25, -0.2) is 0 Å². The Kier molecular flexibility index (Phi) is 25.6. The molecule has 0 aliphatic carbocycles. The minimum absolute atomic E-state index is 1.03. The van der Waals surface area contributed by atoms with E-state index >= 15 is 0 Å². The van der Waals surface area contributed by atoms with Crippen LogP contribution in [0.15, 0.2) is 109 Å². The Hall–Kier alpha value is -2.34. The lowest BCUT2D eigenvalue weighted by molar-refractivity contribution is 1.04. The standard InChI is InChI=1S/C31H46/c1-3-5-7-9-11-13-15-17-19-21-23-25-27-29-31-30-28-26-24-22-20-18-16-14-12-10-8-6-4-2/h5-8,11-14,17-20,23-26,29,31H,3-4,9-10,15-16,21-22,27-28,30H2,1-2H3/b7-5-,8-6?,13-11?,14-12?,19-17?,20-18?,25-23?,26-24?,31-29?. The van der Waals surface area contributed by atoms with Gasteiger partial charge in [0.15, 0.2) is 0 Å². The van der Waals surface area contributed by atoms with Gasteiger partial charge in [0.05, 0.1) is 0 Å². The van der Waals surface area contributed by atoms with Crippen molar-refractivity contribution in [3.63, 3.8) is 0 Å². The van der Waals surface area contributed by atoms with E-state index in [1.165, 1.54) is 0 Å². The van der Waals surface area contributed by atoms with Crippen LogP contribution in [0.3, 0.4) is 0 Å². The molecule has 0 atom stereocenters. The maximum Gasteiger partial charge on any atom is -0.0169 e. The minimum atomic E-state index is 1.03. The summed E-state index contributed by atoms with van der Waals surface area (Å²) in [5.41, 5.74) is 0. The van der Waals surface area contributed by atoms with Crippen LogP contribution in [-0.4, -0.2) is 0 Å². The van der Waals surface area contributed by atoms with Crippen molar-refractivity contribution in [1.82, 2.24) is 0 Å². The van der Waals surface area contributed by atoms with E-state index in [1.54, 1.807) is 0 Å². The third-order valence-corrected chi connectivity index (χ3v) is 4.38. The topological polar surface area (TPSA) is 0 Å². The van der Waals surface area contributed by atoms with Gasteiger partial charge >= 0.3 is 0 Å². The summed E-state index contributed by atoms with van der Waals surface area (Å²) in [5, 5.41) is 0. The molecule has 0 rings (SSSR count). The second-order valence-corrected chi connectivity index (χ2v) is 7.29. The molecule has 0 heterocycles. The molecule has 0 aromatic carbocycles. The summed E-state index contributed by atoms with van der Waals surface area (Å²) < 4.78 is 0. The fraction of sp³-hybridized carbons (Fsp3) is 0.419. The maximum absolute atomic E-state index is 2.29. The lowest BCUT2D eigenvalue weighted by atomic mass is 10.2. The van der Waals surface area contributed by atoms with Crippen LogP contribution in [0.25, 0.3) is 0 Å². The molecule has 170 valence electrons. The van der Waals surface area contributed by atoms with Gasteiger partial charge in [0, 0.05) is 0 Å². The summed E-state index contributed by atoms with van der Waals surface area (Å²) >= 11 is 0. The van der Waals surface area contributed by atoms with Crippen molar-refractivity contribution in [2.45, 2.75) is 84.5 Å². The van der Waals surface area contributed by atoms with E-state index < -0.39 is 0 Å². The van der Waals surface area contributed by atoms with Crippen molar-refractivity contribution in [3.05, 3.63) is 109 Å². The number of hydrogen-bond acceptors (Lipinski definition) is 0. The van der Waals surface area contributed by atoms with Crippen molar-refractivity contribution in [3.8, 4) is 0 Å². The van der Waals surface area contributed by atoms with E-state index in [-0.39, 0.29) is 0 Å². The van der Waals surface area contributed by atoms with Gasteiger partial charge in [0.1, 0.15) is 0 Å². The first-order valence-corrected chi connectivity index (χ1v) is 12.3. The molecule has 0 radical (unpaired) electrons. The van der Waals surface area contributed by atoms with Gasteiger partial charge in [-0.05, 0) is 70.6 Å². The zero-order chi connectivity index (χ0) is 22.5. The average molecular weight is 419 g/mol. The maximum atomic E-state index is 2.29. The molecular formula is C31H46. The smallest absolute Gasteiger partial charge is 0.0169 e. The van der Waals surface area contributed by atoms with Crippen LogP contribution in [0.5, 0.6) is 0 Å². The van der Waals surface area contributed by atoms with E-state index in [2.05, 4.69) is 123 Å². The lowest BCUT2D eigenvalue weighted by Crippen LogP contribution is -1.67. The molecule has 0 aliphatic heterocycles. The molecule has 0 saturated heterocycles. The second kappa shape index (κ2) is 27.7. The highest BCUT2D eigenvalue weighted by molar-refractivity contribution is 5.02. The molecule has 0 aliphatic rings. The van der Waals surface area contributed by atoms with Crippen LogP contribution in [-0.2, 0) is 0 Å². The normalized spacial score (nSPS) is 13.7. The van der Waals surface area contributed by atoms with Gasteiger partial charge in [-0.2, -0.15) is 0 Å². The van der Waals surface area contributed by atoms with Gasteiger partial charge in [0.2, 0.25) is 0 Å². The second-order valence-electron chi connectivity index (χ2n) is 7.29. The van der Waals surface area contributed by atoms with Crippen LogP contribution in [0.4, 0.5) is 0 Å². The number of allylic oxidation sites excluding steroid dienone is 18. The van der Waals surface area contributed by atoms with Gasteiger partial charge in [-0.15, -0.1) is 0 Å². The van der Waals surface area contributed by atoms with Crippen molar-refractivity contribution >= 4 is 0 Å². The summed E-state index contributed by atoms with van der Waals surface area (Å²) in [6.45, 7) is 4.33. The average Bonchev–Trinajstić information content (AvgIpc) is 2.78. The Labute approximate surface area is 193 Å². The summed E-state index contributed by atoms with van der Waals surface area (Å²) in [6, 6.07) is 0. The Bertz CT molecular complexity index is 614. The molecule has 0 spiro atoms. The Balaban J connectivity index is 3.53. The molecule has 0 aromatic heterocycles. The fourth-order valence-corrected chi connectivity index (χ4v) is 2.66. The van der Waals surface area contributed by atoms with Crippen LogP contribution in [0.1, 0.15) is 84.5 Å². The van der Waals surface area contributed by atoms with Gasteiger partial charge in [0.25, 0.3) is 0 Å². The summed E-state index contributed by atoms with van der Waals surface area (Å²) in [5.74, 6) is 0. The van der Waals surface area contributed by atoms with Crippen LogP contribution >= 0.6 is 0 Å². The highest BCUT2D eigenvalue weighted by Crippen LogP contribution is 1.99. The molecular weight excluding hydrogens is 372 g/mol. The first-order valence-electron chi connectivity index (χ1n) is 12.3. The van der Waals surface area contributed by atoms with E-state index in [0.29, 0.717) is 0 Å². The fourth-order valence-electron chi connectivity index (χ4n) is 2.66. The summed E-state index contributed by atoms with van der Waals surface area (Å²) in [7, 11) is 0. The summed E-state index contributed by atoms with van der Waals surface area (Å²) in [4.78, 5) is 0. The number of unbranched alkanes of at least 4 members (excludes halogenated alkanes) is 1. The van der Waals surface area contributed by atoms with E-state index in [4.69, 9.17) is 0 Å². The van der Waals surface area contributed by atoms with E-state index in [9.17, 15) is 0 Å². The third kappa shape index (κ3) is 27.7. The van der Waals surface area contributed by atoms with Crippen LogP contribution < -0.4 is 0 Å². The zero-order valence-electron chi connectivity index (χ0n) is 20.2. The van der Waals surface area contributed by atoms with Gasteiger partial charge in [-0.1, -0.05) is 123 Å². The quantitative estimate of drug-likeness (QED) is 0.144. The van der Waals surface area contributed by atoms with Crippen LogP contribution in [0.2, 0.25) is 0 Å². The van der Waals surface area contributed by atoms with Crippen molar-refractivity contribution < 1.29 is 0 Å². The Morgan fingerprint density at radius 2 is 0.452 bits per heavy atom. The van der Waals surface area contributed by atoms with E-state index in [1.807, 2.05) is 0 Å². The third-order valence-electron chi connectivity index (χ3n) is 4.38.